The molecule has 1 fully saturated rings. The molecule has 1 aliphatic rings. The summed E-state index contributed by atoms with van der Waals surface area (Å²) in [5, 5.41) is 6.38. The van der Waals surface area contributed by atoms with Gasteiger partial charge >= 0.3 is 0 Å². The van der Waals surface area contributed by atoms with Gasteiger partial charge in [-0.05, 0) is 39.7 Å². The van der Waals surface area contributed by atoms with Crippen molar-refractivity contribution in [3.8, 4) is 5.75 Å². The van der Waals surface area contributed by atoms with Crippen LogP contribution in [-0.4, -0.2) is 24.6 Å². The van der Waals surface area contributed by atoms with Crippen molar-refractivity contribution in [3.63, 3.8) is 0 Å². The molecule has 4 nitrogen and oxygen atoms in total. The highest BCUT2D eigenvalue weighted by atomic mass is 16.5. The van der Waals surface area contributed by atoms with Gasteiger partial charge in [0.1, 0.15) is 5.75 Å². The molecule has 0 aliphatic heterocycles. The van der Waals surface area contributed by atoms with E-state index in [0.29, 0.717) is 19.1 Å². The van der Waals surface area contributed by atoms with Gasteiger partial charge in [-0.3, -0.25) is 4.79 Å². The SMILES string of the molecule is Cc1ccc(OCCC(=O)NC(C)C)c(CNC2CC2)c1. The summed E-state index contributed by atoms with van der Waals surface area (Å²) in [6, 6.07) is 7.05. The summed E-state index contributed by atoms with van der Waals surface area (Å²) in [7, 11) is 0. The summed E-state index contributed by atoms with van der Waals surface area (Å²) < 4.78 is 5.80. The molecule has 1 aromatic rings. The van der Waals surface area contributed by atoms with Crippen LogP contribution < -0.4 is 15.4 Å². The molecule has 0 bridgehead atoms. The highest BCUT2D eigenvalue weighted by Gasteiger charge is 2.20. The molecule has 2 N–H and O–H groups in total. The van der Waals surface area contributed by atoms with Crippen LogP contribution in [-0.2, 0) is 11.3 Å². The fraction of sp³-hybridized carbons (Fsp3) is 0.588. The number of nitrogens with one attached hydrogen (secondary N) is 2. The zero-order valence-corrected chi connectivity index (χ0v) is 13.2. The molecule has 0 unspecified atom stereocenters. The number of carbonyl (C=O) groups is 1. The first kappa shape index (κ1) is 15.8. The van der Waals surface area contributed by atoms with Crippen LogP contribution in [0.1, 0.15) is 44.2 Å². The lowest BCUT2D eigenvalue weighted by Gasteiger charge is -2.13. The van der Waals surface area contributed by atoms with Gasteiger partial charge in [-0.1, -0.05) is 17.7 Å². The minimum atomic E-state index is 0.0368. The molecule has 0 heterocycles. The van der Waals surface area contributed by atoms with Gasteiger partial charge in [0.15, 0.2) is 0 Å². The summed E-state index contributed by atoms with van der Waals surface area (Å²) in [6.07, 6.45) is 2.94. The number of rotatable bonds is 8. The van der Waals surface area contributed by atoms with Gasteiger partial charge in [-0.25, -0.2) is 0 Å². The van der Waals surface area contributed by atoms with Crippen LogP contribution in [0, 0.1) is 6.92 Å². The third-order valence-electron chi connectivity index (χ3n) is 3.41. The van der Waals surface area contributed by atoms with Crippen LogP contribution in [0.5, 0.6) is 5.75 Å². The van der Waals surface area contributed by atoms with E-state index >= 15 is 0 Å². The second-order valence-electron chi connectivity index (χ2n) is 6.09. The van der Waals surface area contributed by atoms with Crippen molar-refractivity contribution in [2.75, 3.05) is 6.61 Å². The van der Waals surface area contributed by atoms with Gasteiger partial charge in [-0.2, -0.15) is 0 Å². The third-order valence-corrected chi connectivity index (χ3v) is 3.41. The van der Waals surface area contributed by atoms with Crippen molar-refractivity contribution >= 4 is 5.91 Å². The van der Waals surface area contributed by atoms with Crippen molar-refractivity contribution in [2.24, 2.45) is 0 Å². The van der Waals surface area contributed by atoms with E-state index in [4.69, 9.17) is 4.74 Å². The Kier molecular flexibility index (Phi) is 5.62. The number of aryl methyl sites for hydroxylation is 1. The second kappa shape index (κ2) is 7.46. The van der Waals surface area contributed by atoms with Crippen molar-refractivity contribution < 1.29 is 9.53 Å². The normalized spacial score (nSPS) is 14.3. The average Bonchev–Trinajstić information content (AvgIpc) is 3.21. The molecule has 1 aromatic carbocycles. The minimum absolute atomic E-state index is 0.0368. The maximum absolute atomic E-state index is 11.6. The molecule has 4 heteroatoms. The smallest absolute Gasteiger partial charge is 0.223 e. The second-order valence-corrected chi connectivity index (χ2v) is 6.09. The molecule has 21 heavy (non-hydrogen) atoms. The fourth-order valence-corrected chi connectivity index (χ4v) is 2.18. The lowest BCUT2D eigenvalue weighted by molar-refractivity contribution is -0.122. The van der Waals surface area contributed by atoms with Gasteiger partial charge in [0.05, 0.1) is 13.0 Å². The van der Waals surface area contributed by atoms with Crippen LogP contribution in [0.15, 0.2) is 18.2 Å². The Morgan fingerprint density at radius 2 is 2.14 bits per heavy atom. The Hall–Kier alpha value is -1.55. The Labute approximate surface area is 127 Å². The molecule has 0 spiro atoms. The Bertz CT molecular complexity index is 482. The van der Waals surface area contributed by atoms with E-state index < -0.39 is 0 Å². The molecule has 116 valence electrons. The quantitative estimate of drug-likeness (QED) is 0.773. The molecule has 1 aliphatic carbocycles. The van der Waals surface area contributed by atoms with E-state index in [1.807, 2.05) is 26.0 Å². The topological polar surface area (TPSA) is 50.4 Å². The number of ether oxygens (including phenoxy) is 1. The maximum Gasteiger partial charge on any atom is 0.223 e. The van der Waals surface area contributed by atoms with Crippen LogP contribution in [0.25, 0.3) is 0 Å². The first-order chi connectivity index (χ1) is 10.0. The molecule has 0 atom stereocenters. The predicted molar refractivity (Wildman–Crippen MR) is 84.4 cm³/mol. The zero-order chi connectivity index (χ0) is 15.2. The summed E-state index contributed by atoms with van der Waals surface area (Å²) in [4.78, 5) is 11.6. The predicted octanol–water partition coefficient (Wildman–Crippen LogP) is 2.54. The summed E-state index contributed by atoms with van der Waals surface area (Å²) in [5.41, 5.74) is 2.40. The molecular formula is C17H26N2O2. The number of hydrogen-bond donors (Lipinski definition) is 2. The third kappa shape index (κ3) is 5.76. The average molecular weight is 290 g/mol. The minimum Gasteiger partial charge on any atom is -0.493 e. The first-order valence-corrected chi connectivity index (χ1v) is 7.79. The van der Waals surface area contributed by atoms with Gasteiger partial charge < -0.3 is 15.4 Å². The van der Waals surface area contributed by atoms with Gasteiger partial charge in [0.25, 0.3) is 0 Å². The van der Waals surface area contributed by atoms with Crippen molar-refractivity contribution in [3.05, 3.63) is 29.3 Å². The van der Waals surface area contributed by atoms with E-state index in [0.717, 1.165) is 12.3 Å². The molecule has 1 saturated carbocycles. The van der Waals surface area contributed by atoms with E-state index in [1.54, 1.807) is 0 Å². The summed E-state index contributed by atoms with van der Waals surface area (Å²) >= 11 is 0. The Balaban J connectivity index is 1.84. The molecule has 0 radical (unpaired) electrons. The van der Waals surface area contributed by atoms with Crippen molar-refractivity contribution in [1.82, 2.24) is 10.6 Å². The highest BCUT2D eigenvalue weighted by Crippen LogP contribution is 2.23. The molecule has 1 amide bonds. The Morgan fingerprint density at radius 3 is 2.81 bits per heavy atom. The molecule has 2 rings (SSSR count). The number of carbonyl (C=O) groups excluding carboxylic acids is 1. The number of amides is 1. The highest BCUT2D eigenvalue weighted by molar-refractivity contribution is 5.76. The zero-order valence-electron chi connectivity index (χ0n) is 13.2. The van der Waals surface area contributed by atoms with Crippen LogP contribution in [0.4, 0.5) is 0 Å². The summed E-state index contributed by atoms with van der Waals surface area (Å²) in [6.45, 7) is 7.25. The lowest BCUT2D eigenvalue weighted by Crippen LogP contribution is -2.31. The fourth-order valence-electron chi connectivity index (χ4n) is 2.18. The molecule has 0 saturated heterocycles. The Morgan fingerprint density at radius 1 is 1.38 bits per heavy atom. The van der Waals surface area contributed by atoms with E-state index in [-0.39, 0.29) is 11.9 Å². The van der Waals surface area contributed by atoms with E-state index in [1.165, 1.54) is 24.0 Å². The number of hydrogen-bond acceptors (Lipinski definition) is 3. The first-order valence-electron chi connectivity index (χ1n) is 7.79. The largest absolute Gasteiger partial charge is 0.493 e. The van der Waals surface area contributed by atoms with E-state index in [9.17, 15) is 4.79 Å². The van der Waals surface area contributed by atoms with E-state index in [2.05, 4.69) is 23.6 Å². The van der Waals surface area contributed by atoms with Gasteiger partial charge in [0.2, 0.25) is 5.91 Å². The van der Waals surface area contributed by atoms with Crippen LogP contribution >= 0.6 is 0 Å². The molecular weight excluding hydrogens is 264 g/mol. The lowest BCUT2D eigenvalue weighted by atomic mass is 10.1. The monoisotopic (exact) mass is 290 g/mol. The van der Waals surface area contributed by atoms with Gasteiger partial charge in [0, 0.05) is 24.2 Å². The maximum atomic E-state index is 11.6. The molecule has 0 aromatic heterocycles. The standard InChI is InChI=1S/C17H26N2O2/c1-12(2)19-17(20)8-9-21-16-7-4-13(3)10-14(16)11-18-15-5-6-15/h4,7,10,12,15,18H,5-6,8-9,11H2,1-3H3,(H,19,20). The van der Waals surface area contributed by atoms with Gasteiger partial charge in [-0.15, -0.1) is 0 Å². The van der Waals surface area contributed by atoms with Crippen molar-refractivity contribution in [2.45, 2.75) is 58.7 Å². The van der Waals surface area contributed by atoms with Crippen LogP contribution in [0.3, 0.4) is 0 Å². The number of benzene rings is 1. The van der Waals surface area contributed by atoms with Crippen LogP contribution in [0.2, 0.25) is 0 Å². The summed E-state index contributed by atoms with van der Waals surface area (Å²) in [5.74, 6) is 0.917. The van der Waals surface area contributed by atoms with Crippen molar-refractivity contribution in [1.29, 1.82) is 0 Å².